The number of amides is 1. The molecule has 0 radical (unpaired) electrons. The van der Waals surface area contributed by atoms with E-state index in [4.69, 9.17) is 0 Å². The monoisotopic (exact) mass is 293 g/mol. The minimum Gasteiger partial charge on any atom is -0.388 e. The van der Waals surface area contributed by atoms with Gasteiger partial charge in [0.1, 0.15) is 0 Å². The number of rotatable bonds is 6. The summed E-state index contributed by atoms with van der Waals surface area (Å²) in [4.78, 5) is 13.5. The van der Waals surface area contributed by atoms with Gasteiger partial charge in [0, 0.05) is 22.4 Å². The number of aliphatic hydroxyl groups is 1. The Labute approximate surface area is 120 Å². The van der Waals surface area contributed by atoms with Crippen molar-refractivity contribution in [2.45, 2.75) is 12.5 Å². The maximum atomic E-state index is 11.5. The maximum absolute atomic E-state index is 11.5. The molecule has 0 saturated carbocycles. The quantitative estimate of drug-likeness (QED) is 0.804. The van der Waals surface area contributed by atoms with Crippen molar-refractivity contribution < 1.29 is 9.90 Å². The highest BCUT2D eigenvalue weighted by Crippen LogP contribution is 2.20. The Morgan fingerprint density at radius 1 is 1.32 bits per heavy atom. The Morgan fingerprint density at radius 2 is 2.11 bits per heavy atom. The highest BCUT2D eigenvalue weighted by atomic mass is 32.1. The summed E-state index contributed by atoms with van der Waals surface area (Å²) in [5.41, 5.74) is 0. The van der Waals surface area contributed by atoms with Crippen molar-refractivity contribution in [3.8, 4) is 0 Å². The van der Waals surface area contributed by atoms with E-state index >= 15 is 0 Å². The molecule has 2 N–H and O–H groups in total. The number of nitrogens with one attached hydrogen (secondary N) is 1. The fourth-order valence-corrected chi connectivity index (χ4v) is 2.92. The Morgan fingerprint density at radius 3 is 2.79 bits per heavy atom. The van der Waals surface area contributed by atoms with Crippen LogP contribution in [0.3, 0.4) is 0 Å². The highest BCUT2D eigenvalue weighted by Gasteiger charge is 2.08. The molecule has 0 aromatic carbocycles. The van der Waals surface area contributed by atoms with Gasteiger partial charge in [0.2, 0.25) is 5.91 Å². The van der Waals surface area contributed by atoms with Crippen molar-refractivity contribution in [1.82, 2.24) is 5.32 Å². The van der Waals surface area contributed by atoms with E-state index in [2.05, 4.69) is 5.32 Å². The molecule has 2 aromatic rings. The fraction of sp³-hybridized carbons (Fsp3) is 0.214. The van der Waals surface area contributed by atoms with Crippen LogP contribution in [0.2, 0.25) is 0 Å². The first kappa shape index (κ1) is 14.0. The Kier molecular flexibility index (Phi) is 5.32. The van der Waals surface area contributed by atoms with Gasteiger partial charge in [-0.05, 0) is 35.4 Å². The smallest absolute Gasteiger partial charge is 0.244 e. The Balaban J connectivity index is 1.69. The predicted octanol–water partition coefficient (Wildman–Crippen LogP) is 3.06. The van der Waals surface area contributed by atoms with Crippen LogP contribution in [-0.2, 0) is 4.79 Å². The minimum atomic E-state index is -0.499. The molecule has 2 heterocycles. The summed E-state index contributed by atoms with van der Waals surface area (Å²) in [5, 5.41) is 16.5. The van der Waals surface area contributed by atoms with Crippen molar-refractivity contribution in [3.63, 3.8) is 0 Å². The van der Waals surface area contributed by atoms with Crippen molar-refractivity contribution in [2.75, 3.05) is 6.54 Å². The van der Waals surface area contributed by atoms with Crippen LogP contribution in [0.25, 0.3) is 6.08 Å². The molecule has 19 heavy (non-hydrogen) atoms. The number of hydrogen-bond acceptors (Lipinski definition) is 4. The van der Waals surface area contributed by atoms with Crippen LogP contribution in [0, 0.1) is 0 Å². The SMILES string of the molecule is O=C(/C=C/c1cccs1)NCCC(O)c1cccs1. The zero-order chi connectivity index (χ0) is 13.5. The average molecular weight is 293 g/mol. The lowest BCUT2D eigenvalue weighted by molar-refractivity contribution is -0.116. The van der Waals surface area contributed by atoms with Crippen LogP contribution in [0.15, 0.2) is 41.1 Å². The highest BCUT2D eigenvalue weighted by molar-refractivity contribution is 7.10. The lowest BCUT2D eigenvalue weighted by Gasteiger charge is -2.08. The first-order chi connectivity index (χ1) is 9.25. The zero-order valence-electron chi connectivity index (χ0n) is 10.3. The number of carbonyl (C=O) groups excluding carboxylic acids is 1. The predicted molar refractivity (Wildman–Crippen MR) is 80.3 cm³/mol. The third kappa shape index (κ3) is 4.63. The summed E-state index contributed by atoms with van der Waals surface area (Å²) in [6, 6.07) is 7.70. The van der Waals surface area contributed by atoms with E-state index in [1.54, 1.807) is 17.4 Å². The van der Waals surface area contributed by atoms with Crippen molar-refractivity contribution in [3.05, 3.63) is 50.9 Å². The Hall–Kier alpha value is -1.43. The molecule has 0 aliphatic heterocycles. The first-order valence-corrected chi connectivity index (χ1v) is 7.72. The number of thiophene rings is 2. The Bertz CT molecular complexity index is 518. The van der Waals surface area contributed by atoms with Crippen LogP contribution in [0.5, 0.6) is 0 Å². The van der Waals surface area contributed by atoms with Crippen molar-refractivity contribution in [2.24, 2.45) is 0 Å². The summed E-state index contributed by atoms with van der Waals surface area (Å²) >= 11 is 3.11. The van der Waals surface area contributed by atoms with Gasteiger partial charge in [0.25, 0.3) is 0 Å². The molecule has 2 aromatic heterocycles. The van der Waals surface area contributed by atoms with Gasteiger partial charge in [-0.2, -0.15) is 0 Å². The molecule has 1 atom stereocenters. The molecule has 0 fully saturated rings. The van der Waals surface area contributed by atoms with Gasteiger partial charge >= 0.3 is 0 Å². The van der Waals surface area contributed by atoms with Crippen molar-refractivity contribution in [1.29, 1.82) is 0 Å². The van der Waals surface area contributed by atoms with Gasteiger partial charge in [-0.1, -0.05) is 12.1 Å². The van der Waals surface area contributed by atoms with Crippen LogP contribution in [0.4, 0.5) is 0 Å². The third-order valence-corrected chi connectivity index (χ3v) is 4.34. The second kappa shape index (κ2) is 7.23. The molecule has 0 aliphatic rings. The van der Waals surface area contributed by atoms with Crippen LogP contribution in [-0.4, -0.2) is 17.6 Å². The van der Waals surface area contributed by atoms with Gasteiger partial charge < -0.3 is 10.4 Å². The number of aliphatic hydroxyl groups excluding tert-OH is 1. The molecular weight excluding hydrogens is 278 g/mol. The van der Waals surface area contributed by atoms with Crippen molar-refractivity contribution >= 4 is 34.7 Å². The van der Waals surface area contributed by atoms with Gasteiger partial charge in [-0.25, -0.2) is 0 Å². The van der Waals surface area contributed by atoms with Gasteiger partial charge in [0.15, 0.2) is 0 Å². The molecule has 1 unspecified atom stereocenters. The largest absolute Gasteiger partial charge is 0.388 e. The average Bonchev–Trinajstić information content (AvgIpc) is 3.09. The molecule has 0 bridgehead atoms. The third-order valence-electron chi connectivity index (χ3n) is 2.53. The van der Waals surface area contributed by atoms with E-state index in [-0.39, 0.29) is 5.91 Å². The number of carbonyl (C=O) groups is 1. The van der Waals surface area contributed by atoms with Crippen LogP contribution < -0.4 is 5.32 Å². The van der Waals surface area contributed by atoms with E-state index in [0.717, 1.165) is 9.75 Å². The molecule has 3 nitrogen and oxygen atoms in total. The molecular formula is C14H15NO2S2. The maximum Gasteiger partial charge on any atom is 0.244 e. The minimum absolute atomic E-state index is 0.133. The van der Waals surface area contributed by atoms with E-state index in [9.17, 15) is 9.90 Å². The molecule has 5 heteroatoms. The summed E-state index contributed by atoms with van der Waals surface area (Å²) in [5.74, 6) is -0.133. The summed E-state index contributed by atoms with van der Waals surface area (Å²) in [6.45, 7) is 0.465. The molecule has 100 valence electrons. The van der Waals surface area contributed by atoms with Gasteiger partial charge in [0.05, 0.1) is 6.10 Å². The van der Waals surface area contributed by atoms with Crippen LogP contribution >= 0.6 is 22.7 Å². The first-order valence-electron chi connectivity index (χ1n) is 5.96. The number of hydrogen-bond donors (Lipinski definition) is 2. The fourth-order valence-electron chi connectivity index (χ4n) is 1.56. The molecule has 0 aliphatic carbocycles. The van der Waals surface area contributed by atoms with Crippen LogP contribution in [0.1, 0.15) is 22.3 Å². The van der Waals surface area contributed by atoms with E-state index in [1.165, 1.54) is 17.4 Å². The molecule has 2 rings (SSSR count). The van der Waals surface area contributed by atoms with E-state index in [1.807, 2.05) is 35.0 Å². The summed E-state index contributed by atoms with van der Waals surface area (Å²) < 4.78 is 0. The lowest BCUT2D eigenvalue weighted by Crippen LogP contribution is -2.23. The van der Waals surface area contributed by atoms with E-state index in [0.29, 0.717) is 13.0 Å². The second-order valence-electron chi connectivity index (χ2n) is 3.96. The molecule has 0 spiro atoms. The molecule has 0 saturated heterocycles. The topological polar surface area (TPSA) is 49.3 Å². The standard InChI is InChI=1S/C14H15NO2S2/c16-12(13-4-2-10-19-13)7-8-15-14(17)6-5-11-3-1-9-18-11/h1-6,9-10,12,16H,7-8H2,(H,15,17)/b6-5+. The normalized spacial score (nSPS) is 12.7. The summed E-state index contributed by atoms with van der Waals surface area (Å²) in [7, 11) is 0. The van der Waals surface area contributed by atoms with Gasteiger partial charge in [-0.3, -0.25) is 4.79 Å². The second-order valence-corrected chi connectivity index (χ2v) is 5.92. The summed E-state index contributed by atoms with van der Waals surface area (Å²) in [6.07, 6.45) is 3.33. The lowest BCUT2D eigenvalue weighted by atomic mass is 10.2. The van der Waals surface area contributed by atoms with Gasteiger partial charge in [-0.15, -0.1) is 22.7 Å². The van der Waals surface area contributed by atoms with E-state index < -0.39 is 6.10 Å². The molecule has 1 amide bonds. The zero-order valence-corrected chi connectivity index (χ0v) is 11.9.